The SMILES string of the molecule is O=C(NCc1nncn1-c1ccccc1)c1cccc2c1OCO2. The predicted octanol–water partition coefficient (Wildman–Crippen LogP) is 1.93. The molecular formula is C17H14N4O3. The quantitative estimate of drug-likeness (QED) is 0.794. The molecule has 0 aliphatic carbocycles. The Hall–Kier alpha value is -3.35. The van der Waals surface area contributed by atoms with E-state index in [1.165, 1.54) is 0 Å². The molecule has 1 aliphatic heterocycles. The topological polar surface area (TPSA) is 78.3 Å². The number of hydrogen-bond donors (Lipinski definition) is 1. The molecule has 1 aliphatic rings. The molecule has 3 aromatic rings. The van der Waals surface area contributed by atoms with Crippen molar-refractivity contribution in [1.82, 2.24) is 20.1 Å². The third kappa shape index (κ3) is 2.56. The predicted molar refractivity (Wildman–Crippen MR) is 85.1 cm³/mol. The molecule has 0 saturated heterocycles. The molecule has 4 rings (SSSR count). The van der Waals surface area contributed by atoms with Crippen LogP contribution in [0.4, 0.5) is 0 Å². The number of aromatic nitrogens is 3. The number of nitrogens with one attached hydrogen (secondary N) is 1. The van der Waals surface area contributed by atoms with Gasteiger partial charge in [0.25, 0.3) is 5.91 Å². The molecule has 0 radical (unpaired) electrons. The van der Waals surface area contributed by atoms with Crippen LogP contribution in [0.2, 0.25) is 0 Å². The lowest BCUT2D eigenvalue weighted by atomic mass is 10.1. The Bertz CT molecular complexity index is 877. The second kappa shape index (κ2) is 6.04. The fourth-order valence-electron chi connectivity index (χ4n) is 2.55. The van der Waals surface area contributed by atoms with Crippen molar-refractivity contribution in [3.8, 4) is 17.2 Å². The third-order valence-electron chi connectivity index (χ3n) is 3.70. The van der Waals surface area contributed by atoms with Crippen LogP contribution in [0.1, 0.15) is 16.2 Å². The number of nitrogens with zero attached hydrogens (tertiary/aromatic N) is 3. The zero-order chi connectivity index (χ0) is 16.4. The minimum absolute atomic E-state index is 0.127. The van der Waals surface area contributed by atoms with Gasteiger partial charge in [0.05, 0.1) is 12.1 Å². The molecule has 0 bridgehead atoms. The van der Waals surface area contributed by atoms with E-state index in [4.69, 9.17) is 9.47 Å². The monoisotopic (exact) mass is 322 g/mol. The number of carbonyl (C=O) groups excluding carboxylic acids is 1. The van der Waals surface area contributed by atoms with Crippen molar-refractivity contribution in [3.63, 3.8) is 0 Å². The highest BCUT2D eigenvalue weighted by Crippen LogP contribution is 2.35. The van der Waals surface area contributed by atoms with Gasteiger partial charge in [-0.05, 0) is 24.3 Å². The fourth-order valence-corrected chi connectivity index (χ4v) is 2.55. The molecule has 1 N–H and O–H groups in total. The van der Waals surface area contributed by atoms with Crippen LogP contribution >= 0.6 is 0 Å². The Kier molecular flexibility index (Phi) is 3.59. The number of benzene rings is 2. The van der Waals surface area contributed by atoms with Crippen LogP contribution in [0, 0.1) is 0 Å². The zero-order valence-corrected chi connectivity index (χ0v) is 12.7. The van der Waals surface area contributed by atoms with Crippen LogP contribution in [0.5, 0.6) is 11.5 Å². The van der Waals surface area contributed by atoms with Gasteiger partial charge in [-0.1, -0.05) is 24.3 Å². The third-order valence-corrected chi connectivity index (χ3v) is 3.70. The Morgan fingerprint density at radius 2 is 2.00 bits per heavy atom. The molecule has 0 saturated carbocycles. The maximum atomic E-state index is 12.4. The van der Waals surface area contributed by atoms with E-state index in [2.05, 4.69) is 15.5 Å². The van der Waals surface area contributed by atoms with Gasteiger partial charge in [-0.2, -0.15) is 0 Å². The summed E-state index contributed by atoms with van der Waals surface area (Å²) in [6.07, 6.45) is 1.62. The molecular weight excluding hydrogens is 308 g/mol. The first-order valence-electron chi connectivity index (χ1n) is 7.44. The van der Waals surface area contributed by atoms with Crippen molar-refractivity contribution in [2.24, 2.45) is 0 Å². The lowest BCUT2D eigenvalue weighted by Crippen LogP contribution is -2.24. The van der Waals surface area contributed by atoms with Gasteiger partial charge >= 0.3 is 0 Å². The van der Waals surface area contributed by atoms with E-state index >= 15 is 0 Å². The molecule has 0 unspecified atom stereocenters. The molecule has 0 atom stereocenters. The van der Waals surface area contributed by atoms with Gasteiger partial charge in [0, 0.05) is 5.69 Å². The van der Waals surface area contributed by atoms with Crippen LogP contribution in [0.25, 0.3) is 5.69 Å². The summed E-state index contributed by atoms with van der Waals surface area (Å²) in [6.45, 7) is 0.375. The molecule has 1 amide bonds. The van der Waals surface area contributed by atoms with Crippen LogP contribution in [0.15, 0.2) is 54.9 Å². The molecule has 0 fully saturated rings. The molecule has 120 valence electrons. The highest BCUT2D eigenvalue weighted by atomic mass is 16.7. The summed E-state index contributed by atoms with van der Waals surface area (Å²) in [5.41, 5.74) is 1.37. The number of para-hydroxylation sites is 2. The van der Waals surface area contributed by atoms with E-state index < -0.39 is 0 Å². The highest BCUT2D eigenvalue weighted by Gasteiger charge is 2.21. The molecule has 7 nitrogen and oxygen atoms in total. The minimum atomic E-state index is -0.250. The smallest absolute Gasteiger partial charge is 0.255 e. The normalized spacial score (nSPS) is 12.2. The van der Waals surface area contributed by atoms with Crippen LogP contribution < -0.4 is 14.8 Å². The van der Waals surface area contributed by atoms with Crippen molar-refractivity contribution in [1.29, 1.82) is 0 Å². The number of ether oxygens (including phenoxy) is 2. The maximum absolute atomic E-state index is 12.4. The van der Waals surface area contributed by atoms with Crippen LogP contribution in [-0.2, 0) is 6.54 Å². The number of fused-ring (bicyclic) bond motifs is 1. The first kappa shape index (κ1) is 14.3. The van der Waals surface area contributed by atoms with Gasteiger partial charge in [0.15, 0.2) is 17.3 Å². The van der Waals surface area contributed by atoms with Crippen molar-refractivity contribution >= 4 is 5.91 Å². The Morgan fingerprint density at radius 3 is 2.88 bits per heavy atom. The summed E-state index contributed by atoms with van der Waals surface area (Å²) < 4.78 is 12.5. The summed E-state index contributed by atoms with van der Waals surface area (Å²) in [6, 6.07) is 14.9. The molecule has 2 aromatic carbocycles. The number of carbonyl (C=O) groups is 1. The van der Waals surface area contributed by atoms with Gasteiger partial charge in [-0.3, -0.25) is 9.36 Å². The van der Waals surface area contributed by atoms with Gasteiger partial charge in [-0.25, -0.2) is 0 Å². The summed E-state index contributed by atoms with van der Waals surface area (Å²) >= 11 is 0. The maximum Gasteiger partial charge on any atom is 0.255 e. The largest absolute Gasteiger partial charge is 0.454 e. The van der Waals surface area contributed by atoms with E-state index in [9.17, 15) is 4.79 Å². The van der Waals surface area contributed by atoms with E-state index in [-0.39, 0.29) is 19.2 Å². The highest BCUT2D eigenvalue weighted by molar-refractivity contribution is 5.97. The second-order valence-corrected chi connectivity index (χ2v) is 5.17. The lowest BCUT2D eigenvalue weighted by Gasteiger charge is -2.09. The van der Waals surface area contributed by atoms with E-state index in [1.807, 2.05) is 34.9 Å². The number of rotatable bonds is 4. The van der Waals surface area contributed by atoms with Gasteiger partial charge < -0.3 is 14.8 Å². The molecule has 24 heavy (non-hydrogen) atoms. The van der Waals surface area contributed by atoms with E-state index in [0.717, 1.165) is 5.69 Å². The summed E-state index contributed by atoms with van der Waals surface area (Å²) in [4.78, 5) is 12.4. The van der Waals surface area contributed by atoms with Crippen molar-refractivity contribution in [3.05, 3.63) is 66.2 Å². The van der Waals surface area contributed by atoms with Crippen LogP contribution in [-0.4, -0.2) is 27.5 Å². The number of amides is 1. The lowest BCUT2D eigenvalue weighted by molar-refractivity contribution is 0.0945. The van der Waals surface area contributed by atoms with E-state index in [0.29, 0.717) is 22.9 Å². The summed E-state index contributed by atoms with van der Waals surface area (Å²) in [5, 5.41) is 10.8. The Balaban J connectivity index is 1.52. The van der Waals surface area contributed by atoms with E-state index in [1.54, 1.807) is 24.5 Å². The summed E-state index contributed by atoms with van der Waals surface area (Å²) in [5.74, 6) is 1.44. The van der Waals surface area contributed by atoms with Gasteiger partial charge in [-0.15, -0.1) is 10.2 Å². The molecule has 7 heteroatoms. The molecule has 1 aromatic heterocycles. The molecule has 2 heterocycles. The van der Waals surface area contributed by atoms with Crippen molar-refractivity contribution < 1.29 is 14.3 Å². The average Bonchev–Trinajstić information content (AvgIpc) is 3.29. The standard InChI is InChI=1S/C17H14N4O3/c22-17(13-7-4-8-14-16(13)24-11-23-14)18-9-15-20-19-10-21(15)12-5-2-1-3-6-12/h1-8,10H,9,11H2,(H,18,22). The first-order chi connectivity index (χ1) is 11.8. The Morgan fingerprint density at radius 1 is 1.12 bits per heavy atom. The zero-order valence-electron chi connectivity index (χ0n) is 12.7. The second-order valence-electron chi connectivity index (χ2n) is 5.17. The average molecular weight is 322 g/mol. The number of hydrogen-bond acceptors (Lipinski definition) is 5. The van der Waals surface area contributed by atoms with Crippen LogP contribution in [0.3, 0.4) is 0 Å². The molecule has 0 spiro atoms. The van der Waals surface area contributed by atoms with Crippen molar-refractivity contribution in [2.75, 3.05) is 6.79 Å². The van der Waals surface area contributed by atoms with Gasteiger partial charge in [0.1, 0.15) is 6.33 Å². The first-order valence-corrected chi connectivity index (χ1v) is 7.44. The Labute approximate surface area is 137 Å². The summed E-state index contributed by atoms with van der Waals surface area (Å²) in [7, 11) is 0. The van der Waals surface area contributed by atoms with Gasteiger partial charge in [0.2, 0.25) is 6.79 Å². The van der Waals surface area contributed by atoms with Crippen molar-refractivity contribution in [2.45, 2.75) is 6.54 Å². The minimum Gasteiger partial charge on any atom is -0.454 e. The fraction of sp³-hybridized carbons (Fsp3) is 0.118.